The quantitative estimate of drug-likeness (QED) is 0.460. The number of hydrogen-bond donors (Lipinski definition) is 0. The van der Waals surface area contributed by atoms with Crippen LogP contribution >= 0.6 is 0 Å². The summed E-state index contributed by atoms with van der Waals surface area (Å²) in [5.41, 5.74) is 1.31. The summed E-state index contributed by atoms with van der Waals surface area (Å²) >= 11 is 0. The van der Waals surface area contributed by atoms with E-state index in [1.807, 2.05) is 30.3 Å². The van der Waals surface area contributed by atoms with Crippen molar-refractivity contribution >= 4 is 23.7 Å². The molecule has 1 fully saturated rings. The molecule has 2 aromatic carbocycles. The Hall–Kier alpha value is -3.48. The first-order chi connectivity index (χ1) is 13.5. The number of imide groups is 1. The van der Waals surface area contributed by atoms with Gasteiger partial charge in [0.1, 0.15) is 0 Å². The van der Waals surface area contributed by atoms with Gasteiger partial charge in [0.25, 0.3) is 11.8 Å². The van der Waals surface area contributed by atoms with E-state index < -0.39 is 41.8 Å². The van der Waals surface area contributed by atoms with E-state index in [1.165, 1.54) is 24.1 Å². The van der Waals surface area contributed by atoms with E-state index in [-0.39, 0.29) is 11.1 Å². The van der Waals surface area contributed by atoms with Gasteiger partial charge in [-0.15, -0.1) is 0 Å². The summed E-state index contributed by atoms with van der Waals surface area (Å²) in [6, 6.07) is 12.9. The molecule has 0 saturated carbocycles. The third kappa shape index (κ3) is 2.43. The van der Waals surface area contributed by atoms with Gasteiger partial charge in [-0.05, 0) is 24.6 Å². The van der Waals surface area contributed by atoms with Crippen molar-refractivity contribution in [3.63, 3.8) is 0 Å². The molecule has 3 atom stereocenters. The molecule has 2 heterocycles. The number of nitrogens with zero attached hydrogens (tertiary/aromatic N) is 2. The minimum absolute atomic E-state index is 0.235. The van der Waals surface area contributed by atoms with Crippen LogP contribution in [0.15, 0.2) is 54.6 Å². The van der Waals surface area contributed by atoms with Gasteiger partial charge in [-0.1, -0.05) is 42.5 Å². The summed E-state index contributed by atoms with van der Waals surface area (Å²) in [4.78, 5) is 53.3. The fraction of sp³-hybridized carbons (Fsp3) is 0.238. The van der Waals surface area contributed by atoms with Crippen LogP contribution in [0.3, 0.4) is 0 Å². The molecule has 142 valence electrons. The number of fused-ring (bicyclic) bond motifs is 1. The fourth-order valence-electron chi connectivity index (χ4n) is 3.89. The molecule has 0 aromatic heterocycles. The van der Waals surface area contributed by atoms with Gasteiger partial charge < -0.3 is 9.64 Å². The predicted molar refractivity (Wildman–Crippen MR) is 98.2 cm³/mol. The fourth-order valence-corrected chi connectivity index (χ4v) is 3.89. The number of carbonyl (C=O) groups excluding carboxylic acids is 4. The molecule has 2 aliphatic rings. The highest BCUT2D eigenvalue weighted by atomic mass is 16.5. The SMILES string of the molecule is COC(=O)[C@@H]1[C@H](N2C(=O)c3ccccc3C2=O)C(=O)N1C(C)c1ccccc1. The monoisotopic (exact) mass is 378 g/mol. The van der Waals surface area contributed by atoms with Crippen LogP contribution in [0, 0.1) is 0 Å². The van der Waals surface area contributed by atoms with Gasteiger partial charge in [-0.25, -0.2) is 4.79 Å². The molecule has 0 bridgehead atoms. The largest absolute Gasteiger partial charge is 0.467 e. The van der Waals surface area contributed by atoms with Crippen molar-refractivity contribution < 1.29 is 23.9 Å². The topological polar surface area (TPSA) is 84.0 Å². The maximum atomic E-state index is 13.0. The first-order valence-electron chi connectivity index (χ1n) is 8.89. The molecule has 1 unspecified atom stereocenters. The molecule has 7 nitrogen and oxygen atoms in total. The maximum absolute atomic E-state index is 13.0. The Morgan fingerprint density at radius 1 is 0.929 bits per heavy atom. The first-order valence-corrected chi connectivity index (χ1v) is 8.89. The second kappa shape index (κ2) is 6.60. The van der Waals surface area contributed by atoms with Crippen molar-refractivity contribution in [1.29, 1.82) is 0 Å². The molecule has 3 amide bonds. The number of esters is 1. The van der Waals surface area contributed by atoms with Gasteiger partial charge in [0, 0.05) is 0 Å². The lowest BCUT2D eigenvalue weighted by molar-refractivity contribution is -0.175. The van der Waals surface area contributed by atoms with Crippen LogP contribution in [0.5, 0.6) is 0 Å². The average molecular weight is 378 g/mol. The zero-order chi connectivity index (χ0) is 20.0. The van der Waals surface area contributed by atoms with Gasteiger partial charge in [0.2, 0.25) is 5.91 Å². The molecule has 0 radical (unpaired) electrons. The van der Waals surface area contributed by atoms with E-state index in [4.69, 9.17) is 4.74 Å². The molecular formula is C21H18N2O5. The van der Waals surface area contributed by atoms with Crippen LogP contribution in [0.25, 0.3) is 0 Å². The van der Waals surface area contributed by atoms with Crippen molar-refractivity contribution in [2.24, 2.45) is 0 Å². The Morgan fingerprint density at radius 3 is 2.00 bits per heavy atom. The molecule has 2 aliphatic heterocycles. The average Bonchev–Trinajstić information content (AvgIpc) is 2.97. The van der Waals surface area contributed by atoms with Crippen LogP contribution in [0.2, 0.25) is 0 Å². The summed E-state index contributed by atoms with van der Waals surface area (Å²) in [7, 11) is 1.22. The number of amides is 3. The highest BCUT2D eigenvalue weighted by molar-refractivity contribution is 6.24. The van der Waals surface area contributed by atoms with Crippen LogP contribution in [0.1, 0.15) is 39.2 Å². The molecule has 2 aromatic rings. The molecule has 0 aliphatic carbocycles. The maximum Gasteiger partial charge on any atom is 0.331 e. The molecule has 28 heavy (non-hydrogen) atoms. The summed E-state index contributed by atoms with van der Waals surface area (Å²) in [6.07, 6.45) is 0. The lowest BCUT2D eigenvalue weighted by Crippen LogP contribution is -2.74. The van der Waals surface area contributed by atoms with Crippen molar-refractivity contribution in [2.75, 3.05) is 7.11 Å². The highest BCUT2D eigenvalue weighted by Crippen LogP contribution is 2.38. The number of rotatable bonds is 4. The van der Waals surface area contributed by atoms with Gasteiger partial charge in [0.05, 0.1) is 24.3 Å². The number of β-lactam (4-membered cyclic amide) rings is 1. The predicted octanol–water partition coefficient (Wildman–Crippen LogP) is 1.80. The molecule has 7 heteroatoms. The molecule has 1 saturated heterocycles. The molecule has 0 spiro atoms. The molecular weight excluding hydrogens is 360 g/mol. The normalized spacial score (nSPS) is 22.0. The van der Waals surface area contributed by atoms with E-state index in [1.54, 1.807) is 19.1 Å². The Balaban J connectivity index is 1.69. The number of ether oxygens (including phenoxy) is 1. The summed E-state index contributed by atoms with van der Waals surface area (Å²) < 4.78 is 4.87. The molecule has 0 N–H and O–H groups in total. The van der Waals surface area contributed by atoms with Crippen molar-refractivity contribution in [2.45, 2.75) is 25.0 Å². The third-order valence-electron chi connectivity index (χ3n) is 5.35. The number of benzene rings is 2. The third-order valence-corrected chi connectivity index (χ3v) is 5.35. The minimum atomic E-state index is -1.20. The minimum Gasteiger partial charge on any atom is -0.467 e. The second-order valence-electron chi connectivity index (χ2n) is 6.77. The summed E-state index contributed by atoms with van der Waals surface area (Å²) in [6.45, 7) is 1.79. The van der Waals surface area contributed by atoms with E-state index in [2.05, 4.69) is 0 Å². The van der Waals surface area contributed by atoms with E-state index in [0.717, 1.165) is 10.5 Å². The van der Waals surface area contributed by atoms with Gasteiger partial charge in [-0.2, -0.15) is 0 Å². The highest BCUT2D eigenvalue weighted by Gasteiger charge is 2.60. The van der Waals surface area contributed by atoms with Crippen LogP contribution < -0.4 is 0 Å². The zero-order valence-corrected chi connectivity index (χ0v) is 15.4. The van der Waals surface area contributed by atoms with Gasteiger partial charge in [0.15, 0.2) is 12.1 Å². The summed E-state index contributed by atoms with van der Waals surface area (Å²) in [5.74, 6) is -2.26. The number of likely N-dealkylation sites (tertiary alicyclic amines) is 1. The van der Waals surface area contributed by atoms with Crippen LogP contribution in [-0.4, -0.2) is 52.7 Å². The smallest absolute Gasteiger partial charge is 0.331 e. The van der Waals surface area contributed by atoms with Crippen molar-refractivity contribution in [3.8, 4) is 0 Å². The zero-order valence-electron chi connectivity index (χ0n) is 15.4. The lowest BCUT2D eigenvalue weighted by Gasteiger charge is -2.50. The lowest BCUT2D eigenvalue weighted by atomic mass is 9.89. The number of carbonyl (C=O) groups is 4. The first kappa shape index (κ1) is 17.9. The van der Waals surface area contributed by atoms with E-state index in [0.29, 0.717) is 0 Å². The van der Waals surface area contributed by atoms with Crippen molar-refractivity contribution in [1.82, 2.24) is 9.80 Å². The Morgan fingerprint density at radius 2 is 1.46 bits per heavy atom. The van der Waals surface area contributed by atoms with E-state index >= 15 is 0 Å². The number of hydrogen-bond acceptors (Lipinski definition) is 5. The van der Waals surface area contributed by atoms with Gasteiger partial charge >= 0.3 is 5.97 Å². The van der Waals surface area contributed by atoms with Gasteiger partial charge in [-0.3, -0.25) is 19.3 Å². The van der Waals surface area contributed by atoms with Crippen LogP contribution in [0.4, 0.5) is 0 Å². The number of methoxy groups -OCH3 is 1. The Labute approximate surface area is 161 Å². The van der Waals surface area contributed by atoms with Crippen LogP contribution in [-0.2, 0) is 14.3 Å². The Bertz CT molecular complexity index is 952. The molecule has 4 rings (SSSR count). The van der Waals surface area contributed by atoms with Crippen molar-refractivity contribution in [3.05, 3.63) is 71.3 Å². The second-order valence-corrected chi connectivity index (χ2v) is 6.77. The van der Waals surface area contributed by atoms with E-state index in [9.17, 15) is 19.2 Å². The Kier molecular flexibility index (Phi) is 4.22. The summed E-state index contributed by atoms with van der Waals surface area (Å²) in [5, 5.41) is 0. The standard InChI is InChI=1S/C21H18N2O5/c1-12(13-8-4-3-5-9-13)22-17(21(27)28-2)16(20(22)26)23-18(24)14-10-6-7-11-15(14)19(23)25/h3-12,16-17H,1-2H3/t12?,16-,17-/m0/s1.